The minimum Gasteiger partial charge on any atom is -0.342 e. The topological polar surface area (TPSA) is 40.6 Å². The Morgan fingerprint density at radius 3 is 2.31 bits per heavy atom. The number of carbonyl (C=O) groups excluding carboxylic acids is 2. The van der Waals surface area contributed by atoms with Gasteiger partial charge in [0.25, 0.3) is 0 Å². The highest BCUT2D eigenvalue weighted by molar-refractivity contribution is 6.31. The molecule has 0 N–H and O–H groups in total. The summed E-state index contributed by atoms with van der Waals surface area (Å²) in [6, 6.07) is 7.93. The Kier molecular flexibility index (Phi) is 5.61. The zero-order valence-electron chi connectivity index (χ0n) is 16.0. The monoisotopic (exact) mass is 376 g/mol. The second kappa shape index (κ2) is 7.59. The Bertz CT molecular complexity index is 675. The van der Waals surface area contributed by atoms with Gasteiger partial charge in [0.2, 0.25) is 11.8 Å². The van der Waals surface area contributed by atoms with Crippen LogP contribution < -0.4 is 0 Å². The predicted molar refractivity (Wildman–Crippen MR) is 104 cm³/mol. The van der Waals surface area contributed by atoms with Crippen LogP contribution in [-0.4, -0.2) is 41.2 Å². The van der Waals surface area contributed by atoms with E-state index in [1.807, 2.05) is 54.8 Å². The standard InChI is InChI=1S/C21H29ClN2O2/c1-21(2,3)20(26)23-13-10-15(11-14-23)19(25)24-12-6-9-18(24)16-7-4-5-8-17(16)22/h4-5,7-8,15,18H,6,9-14H2,1-3H3. The highest BCUT2D eigenvalue weighted by Gasteiger charge is 2.37. The number of likely N-dealkylation sites (tertiary alicyclic amines) is 2. The van der Waals surface area contributed by atoms with Crippen molar-refractivity contribution in [2.24, 2.45) is 11.3 Å². The Hall–Kier alpha value is -1.55. The van der Waals surface area contributed by atoms with Gasteiger partial charge in [-0.05, 0) is 37.3 Å². The first-order valence-electron chi connectivity index (χ1n) is 9.63. The molecule has 2 aliphatic heterocycles. The van der Waals surface area contributed by atoms with E-state index in [1.165, 1.54) is 0 Å². The van der Waals surface area contributed by atoms with Crippen LogP contribution in [0.15, 0.2) is 24.3 Å². The molecule has 4 nitrogen and oxygen atoms in total. The third-order valence-electron chi connectivity index (χ3n) is 5.57. The van der Waals surface area contributed by atoms with Gasteiger partial charge in [-0.15, -0.1) is 0 Å². The molecule has 1 aromatic rings. The fraction of sp³-hybridized carbons (Fsp3) is 0.619. The fourth-order valence-corrected chi connectivity index (χ4v) is 4.40. The Balaban J connectivity index is 1.65. The summed E-state index contributed by atoms with van der Waals surface area (Å²) in [5, 5.41) is 0.739. The Morgan fingerprint density at radius 1 is 1.04 bits per heavy atom. The smallest absolute Gasteiger partial charge is 0.227 e. The molecule has 2 saturated heterocycles. The van der Waals surface area contributed by atoms with Crippen molar-refractivity contribution in [2.75, 3.05) is 19.6 Å². The normalized spacial score (nSPS) is 21.9. The second-order valence-electron chi connectivity index (χ2n) is 8.53. The van der Waals surface area contributed by atoms with Gasteiger partial charge in [-0.25, -0.2) is 0 Å². The predicted octanol–water partition coefficient (Wildman–Crippen LogP) is 4.29. The summed E-state index contributed by atoms with van der Waals surface area (Å²) in [5.74, 6) is 0.427. The molecule has 26 heavy (non-hydrogen) atoms. The van der Waals surface area contributed by atoms with E-state index in [0.717, 1.165) is 42.8 Å². The maximum atomic E-state index is 13.1. The van der Waals surface area contributed by atoms with Crippen LogP contribution in [0.5, 0.6) is 0 Å². The number of benzene rings is 1. The first kappa shape index (κ1) is 19.2. The number of hydrogen-bond donors (Lipinski definition) is 0. The minimum atomic E-state index is -0.360. The van der Waals surface area contributed by atoms with Crippen molar-refractivity contribution >= 4 is 23.4 Å². The average molecular weight is 377 g/mol. The maximum absolute atomic E-state index is 13.1. The zero-order chi connectivity index (χ0) is 18.9. The van der Waals surface area contributed by atoms with E-state index in [0.29, 0.717) is 13.1 Å². The molecule has 0 saturated carbocycles. The summed E-state index contributed by atoms with van der Waals surface area (Å²) in [4.78, 5) is 29.5. The van der Waals surface area contributed by atoms with Crippen LogP contribution in [0.1, 0.15) is 58.1 Å². The number of piperidine rings is 1. The van der Waals surface area contributed by atoms with Crippen LogP contribution in [0.25, 0.3) is 0 Å². The van der Waals surface area contributed by atoms with E-state index < -0.39 is 0 Å². The average Bonchev–Trinajstić information content (AvgIpc) is 3.09. The molecule has 142 valence electrons. The maximum Gasteiger partial charge on any atom is 0.227 e. The second-order valence-corrected chi connectivity index (χ2v) is 8.93. The molecule has 5 heteroatoms. The number of hydrogen-bond acceptors (Lipinski definition) is 2. The Labute approximate surface area is 161 Å². The van der Waals surface area contributed by atoms with E-state index in [-0.39, 0.29) is 29.2 Å². The minimum absolute atomic E-state index is 0.0158. The van der Waals surface area contributed by atoms with E-state index in [4.69, 9.17) is 11.6 Å². The van der Waals surface area contributed by atoms with Crippen LogP contribution >= 0.6 is 11.6 Å². The lowest BCUT2D eigenvalue weighted by molar-refractivity contribution is -0.145. The van der Waals surface area contributed by atoms with E-state index >= 15 is 0 Å². The molecule has 0 radical (unpaired) electrons. The number of nitrogens with zero attached hydrogens (tertiary/aromatic N) is 2. The molecule has 0 bridgehead atoms. The van der Waals surface area contributed by atoms with Gasteiger partial charge in [-0.2, -0.15) is 0 Å². The van der Waals surface area contributed by atoms with Crippen LogP contribution in [0, 0.1) is 11.3 Å². The summed E-state index contributed by atoms with van der Waals surface area (Å²) in [6.45, 7) is 8.01. The van der Waals surface area contributed by atoms with Crippen molar-refractivity contribution in [1.82, 2.24) is 9.80 Å². The van der Waals surface area contributed by atoms with Crippen molar-refractivity contribution in [1.29, 1.82) is 0 Å². The van der Waals surface area contributed by atoms with E-state index in [2.05, 4.69) is 0 Å². The van der Waals surface area contributed by atoms with Crippen LogP contribution in [-0.2, 0) is 9.59 Å². The van der Waals surface area contributed by atoms with Crippen LogP contribution in [0.4, 0.5) is 0 Å². The lowest BCUT2D eigenvalue weighted by Gasteiger charge is -2.37. The van der Waals surface area contributed by atoms with Crippen molar-refractivity contribution in [3.8, 4) is 0 Å². The summed E-state index contributed by atoms with van der Waals surface area (Å²) >= 11 is 6.37. The quantitative estimate of drug-likeness (QED) is 0.772. The summed E-state index contributed by atoms with van der Waals surface area (Å²) in [7, 11) is 0. The highest BCUT2D eigenvalue weighted by Crippen LogP contribution is 2.37. The zero-order valence-corrected chi connectivity index (χ0v) is 16.8. The third-order valence-corrected chi connectivity index (χ3v) is 5.92. The molecule has 1 aromatic carbocycles. The first-order chi connectivity index (χ1) is 12.3. The molecule has 2 heterocycles. The van der Waals surface area contributed by atoms with Crippen LogP contribution in [0.2, 0.25) is 5.02 Å². The van der Waals surface area contributed by atoms with Crippen molar-refractivity contribution in [2.45, 2.75) is 52.5 Å². The number of rotatable bonds is 2. The molecule has 2 aliphatic rings. The molecular weight excluding hydrogens is 348 g/mol. The number of amides is 2. The summed E-state index contributed by atoms with van der Waals surface area (Å²) < 4.78 is 0. The van der Waals surface area contributed by atoms with Gasteiger partial charge in [0.05, 0.1) is 6.04 Å². The van der Waals surface area contributed by atoms with Gasteiger partial charge in [0, 0.05) is 36.0 Å². The largest absolute Gasteiger partial charge is 0.342 e. The van der Waals surface area contributed by atoms with Gasteiger partial charge < -0.3 is 9.80 Å². The van der Waals surface area contributed by atoms with Gasteiger partial charge >= 0.3 is 0 Å². The van der Waals surface area contributed by atoms with Crippen molar-refractivity contribution in [3.63, 3.8) is 0 Å². The fourth-order valence-electron chi connectivity index (χ4n) is 4.14. The highest BCUT2D eigenvalue weighted by atomic mass is 35.5. The molecular formula is C21H29ClN2O2. The van der Waals surface area contributed by atoms with Crippen molar-refractivity contribution < 1.29 is 9.59 Å². The SMILES string of the molecule is CC(C)(C)C(=O)N1CCC(C(=O)N2CCCC2c2ccccc2Cl)CC1. The van der Waals surface area contributed by atoms with Crippen molar-refractivity contribution in [3.05, 3.63) is 34.9 Å². The molecule has 0 aliphatic carbocycles. The van der Waals surface area contributed by atoms with E-state index in [9.17, 15) is 9.59 Å². The van der Waals surface area contributed by atoms with Crippen LogP contribution in [0.3, 0.4) is 0 Å². The van der Waals surface area contributed by atoms with Gasteiger partial charge in [0.1, 0.15) is 0 Å². The molecule has 0 spiro atoms. The molecule has 2 fully saturated rings. The summed E-state index contributed by atoms with van der Waals surface area (Å²) in [5.41, 5.74) is 0.696. The molecule has 1 unspecified atom stereocenters. The lowest BCUT2D eigenvalue weighted by Crippen LogP contribution is -2.47. The summed E-state index contributed by atoms with van der Waals surface area (Å²) in [6.07, 6.45) is 3.50. The molecule has 0 aromatic heterocycles. The van der Waals surface area contributed by atoms with Gasteiger partial charge in [-0.1, -0.05) is 50.6 Å². The Morgan fingerprint density at radius 2 is 1.69 bits per heavy atom. The number of carbonyl (C=O) groups is 2. The molecule has 2 amide bonds. The van der Waals surface area contributed by atoms with E-state index in [1.54, 1.807) is 0 Å². The third kappa shape index (κ3) is 3.90. The lowest BCUT2D eigenvalue weighted by atomic mass is 9.90. The molecule has 3 rings (SSSR count). The van der Waals surface area contributed by atoms with Gasteiger partial charge in [0.15, 0.2) is 0 Å². The number of halogens is 1. The molecule has 1 atom stereocenters. The first-order valence-corrected chi connectivity index (χ1v) is 10.0. The van der Waals surface area contributed by atoms with Gasteiger partial charge in [-0.3, -0.25) is 9.59 Å².